The van der Waals surface area contributed by atoms with Crippen LogP contribution < -0.4 is 10.6 Å². The normalized spacial score (nSPS) is 15.0. The van der Waals surface area contributed by atoms with E-state index in [1.807, 2.05) is 10.6 Å². The zero-order valence-electron chi connectivity index (χ0n) is 10.1. The van der Waals surface area contributed by atoms with Crippen LogP contribution in [0.4, 0.5) is 4.79 Å². The van der Waals surface area contributed by atoms with Crippen LogP contribution in [0.3, 0.4) is 0 Å². The van der Waals surface area contributed by atoms with Crippen LogP contribution in [-0.2, 0) is 9.59 Å². The molecule has 0 aliphatic carbocycles. The third-order valence-electron chi connectivity index (χ3n) is 2.75. The van der Waals surface area contributed by atoms with E-state index in [0.29, 0.717) is 16.6 Å². The van der Waals surface area contributed by atoms with E-state index in [1.165, 1.54) is 6.08 Å². The minimum Gasteiger partial charge on any atom is -0.273 e. The monoisotopic (exact) mass is 268 g/mol. The summed E-state index contributed by atoms with van der Waals surface area (Å²) >= 11 is 0. The maximum Gasteiger partial charge on any atom is 0.328 e. The van der Waals surface area contributed by atoms with Gasteiger partial charge in [0.1, 0.15) is 5.57 Å². The van der Waals surface area contributed by atoms with Crippen molar-refractivity contribution >= 4 is 35.0 Å². The Hall–Kier alpha value is -3.09. The summed E-state index contributed by atoms with van der Waals surface area (Å²) in [5.41, 5.74) is 1.84. The fourth-order valence-corrected chi connectivity index (χ4v) is 1.84. The predicted molar refractivity (Wildman–Crippen MR) is 69.2 cm³/mol. The fourth-order valence-electron chi connectivity index (χ4n) is 1.84. The Morgan fingerprint density at radius 1 is 0.900 bits per heavy atom. The van der Waals surface area contributed by atoms with Crippen LogP contribution in [0.1, 0.15) is 5.56 Å². The molecule has 7 nitrogen and oxygen atoms in total. The first-order chi connectivity index (χ1) is 9.63. The largest absolute Gasteiger partial charge is 0.328 e. The first kappa shape index (κ1) is 12.0. The van der Waals surface area contributed by atoms with Crippen molar-refractivity contribution < 1.29 is 14.4 Å². The lowest BCUT2D eigenvalue weighted by molar-refractivity contribution is -0.123. The summed E-state index contributed by atoms with van der Waals surface area (Å²) in [5.74, 6) is -1.45. The lowest BCUT2D eigenvalue weighted by Crippen LogP contribution is -2.51. The molecule has 1 aliphatic heterocycles. The summed E-state index contributed by atoms with van der Waals surface area (Å²) in [4.78, 5) is 42.4. The number of hydrogen-bond donors (Lipinski definition) is 2. The third kappa shape index (κ3) is 2.12. The molecule has 0 spiro atoms. The highest BCUT2D eigenvalue weighted by atomic mass is 16.2. The Labute approximate surface area is 112 Å². The number of carbonyl (C=O) groups excluding carboxylic acids is 3. The molecule has 3 rings (SSSR count). The lowest BCUT2D eigenvalue weighted by atomic mass is 10.1. The number of amides is 4. The number of barbiturate groups is 1. The van der Waals surface area contributed by atoms with Crippen molar-refractivity contribution in [2.24, 2.45) is 0 Å². The first-order valence-electron chi connectivity index (χ1n) is 5.72. The summed E-state index contributed by atoms with van der Waals surface area (Å²) in [6.45, 7) is 0. The Morgan fingerprint density at radius 2 is 1.55 bits per heavy atom. The molecule has 0 atom stereocenters. The number of nitrogens with zero attached hydrogens (tertiary/aromatic N) is 2. The van der Waals surface area contributed by atoms with Crippen LogP contribution in [0.2, 0.25) is 0 Å². The van der Waals surface area contributed by atoms with Gasteiger partial charge in [-0.15, -0.1) is 0 Å². The second kappa shape index (κ2) is 4.54. The van der Waals surface area contributed by atoms with Gasteiger partial charge in [-0.3, -0.25) is 30.2 Å². The minimum absolute atomic E-state index is 0.132. The summed E-state index contributed by atoms with van der Waals surface area (Å²) < 4.78 is 0. The van der Waals surface area contributed by atoms with E-state index in [2.05, 4.69) is 9.97 Å². The standard InChI is InChI=1S/C13H8N4O3/c18-11-8(12(19)17-13(20)16-11)5-7-1-2-9-10(6-7)15-4-3-14-9/h1-6H,(H2,16,17,18,19,20). The molecular weight excluding hydrogens is 260 g/mol. The van der Waals surface area contributed by atoms with Gasteiger partial charge in [-0.2, -0.15) is 0 Å². The van der Waals surface area contributed by atoms with Crippen molar-refractivity contribution in [1.29, 1.82) is 0 Å². The van der Waals surface area contributed by atoms with Crippen LogP contribution in [-0.4, -0.2) is 27.8 Å². The molecule has 0 unspecified atom stereocenters. The molecule has 7 heteroatoms. The quantitative estimate of drug-likeness (QED) is 0.575. The van der Waals surface area contributed by atoms with Crippen molar-refractivity contribution in [2.45, 2.75) is 0 Å². The highest BCUT2D eigenvalue weighted by Crippen LogP contribution is 2.14. The average molecular weight is 268 g/mol. The van der Waals surface area contributed by atoms with E-state index in [9.17, 15) is 14.4 Å². The summed E-state index contributed by atoms with van der Waals surface area (Å²) in [6.07, 6.45) is 4.53. The Bertz CT molecular complexity index is 760. The van der Waals surface area contributed by atoms with Crippen LogP contribution in [0.5, 0.6) is 0 Å². The molecule has 4 amide bonds. The van der Waals surface area contributed by atoms with Gasteiger partial charge in [0.05, 0.1) is 11.0 Å². The Balaban J connectivity index is 2.03. The number of urea groups is 1. The lowest BCUT2D eigenvalue weighted by Gasteiger charge is -2.13. The zero-order valence-corrected chi connectivity index (χ0v) is 10.1. The average Bonchev–Trinajstić information content (AvgIpc) is 2.42. The molecule has 1 aromatic carbocycles. The second-order valence-corrected chi connectivity index (χ2v) is 4.10. The molecule has 2 aromatic rings. The minimum atomic E-state index is -0.818. The van der Waals surface area contributed by atoms with Crippen LogP contribution >= 0.6 is 0 Å². The van der Waals surface area contributed by atoms with Crippen molar-refractivity contribution in [2.75, 3.05) is 0 Å². The topological polar surface area (TPSA) is 101 Å². The molecule has 2 heterocycles. The van der Waals surface area contributed by atoms with E-state index in [0.717, 1.165) is 0 Å². The second-order valence-electron chi connectivity index (χ2n) is 4.10. The van der Waals surface area contributed by atoms with Gasteiger partial charge in [0.2, 0.25) is 0 Å². The molecule has 2 N–H and O–H groups in total. The smallest absolute Gasteiger partial charge is 0.273 e. The van der Waals surface area contributed by atoms with Gasteiger partial charge < -0.3 is 0 Å². The van der Waals surface area contributed by atoms with Crippen molar-refractivity contribution in [3.8, 4) is 0 Å². The molecule has 1 fully saturated rings. The van der Waals surface area contributed by atoms with Gasteiger partial charge in [-0.05, 0) is 23.8 Å². The van der Waals surface area contributed by atoms with E-state index >= 15 is 0 Å². The van der Waals surface area contributed by atoms with Crippen molar-refractivity contribution in [1.82, 2.24) is 20.6 Å². The van der Waals surface area contributed by atoms with Gasteiger partial charge in [0.15, 0.2) is 0 Å². The Kier molecular flexibility index (Phi) is 2.72. The maximum atomic E-state index is 11.6. The number of nitrogens with one attached hydrogen (secondary N) is 2. The number of rotatable bonds is 1. The number of fused-ring (bicyclic) bond motifs is 1. The Morgan fingerprint density at radius 3 is 2.25 bits per heavy atom. The van der Waals surface area contributed by atoms with E-state index < -0.39 is 17.8 Å². The highest BCUT2D eigenvalue weighted by molar-refractivity contribution is 6.31. The van der Waals surface area contributed by atoms with Gasteiger partial charge >= 0.3 is 6.03 Å². The fraction of sp³-hybridized carbons (Fsp3) is 0. The van der Waals surface area contributed by atoms with E-state index in [1.54, 1.807) is 30.6 Å². The zero-order chi connectivity index (χ0) is 14.1. The van der Waals surface area contributed by atoms with E-state index in [4.69, 9.17) is 0 Å². The molecule has 0 radical (unpaired) electrons. The van der Waals surface area contributed by atoms with Crippen LogP contribution in [0, 0.1) is 0 Å². The van der Waals surface area contributed by atoms with Gasteiger partial charge in [0.25, 0.3) is 11.8 Å². The van der Waals surface area contributed by atoms with Crippen molar-refractivity contribution in [3.05, 3.63) is 41.7 Å². The highest BCUT2D eigenvalue weighted by Gasteiger charge is 2.27. The summed E-state index contributed by atoms with van der Waals surface area (Å²) in [7, 11) is 0. The van der Waals surface area contributed by atoms with Crippen molar-refractivity contribution in [3.63, 3.8) is 0 Å². The summed E-state index contributed by atoms with van der Waals surface area (Å²) in [6, 6.07) is 4.33. The molecular formula is C13H8N4O3. The molecule has 1 saturated heterocycles. The number of hydrogen-bond acceptors (Lipinski definition) is 5. The molecule has 1 aliphatic rings. The van der Waals surface area contributed by atoms with Gasteiger partial charge in [0, 0.05) is 12.4 Å². The third-order valence-corrected chi connectivity index (χ3v) is 2.75. The molecule has 0 saturated carbocycles. The first-order valence-corrected chi connectivity index (χ1v) is 5.72. The van der Waals surface area contributed by atoms with Gasteiger partial charge in [-0.25, -0.2) is 4.79 Å². The van der Waals surface area contributed by atoms with Crippen LogP contribution in [0.25, 0.3) is 17.1 Å². The number of benzene rings is 1. The molecule has 98 valence electrons. The SMILES string of the molecule is O=C1NC(=O)C(=Cc2ccc3nccnc3c2)C(=O)N1. The number of imide groups is 2. The molecule has 1 aromatic heterocycles. The van der Waals surface area contributed by atoms with Gasteiger partial charge in [-0.1, -0.05) is 6.07 Å². The molecule has 20 heavy (non-hydrogen) atoms. The predicted octanol–water partition coefficient (Wildman–Crippen LogP) is 0.379. The number of carbonyl (C=O) groups is 3. The van der Waals surface area contributed by atoms with E-state index in [-0.39, 0.29) is 5.57 Å². The summed E-state index contributed by atoms with van der Waals surface area (Å²) in [5, 5.41) is 4.02. The number of aromatic nitrogens is 2. The molecule has 0 bridgehead atoms. The van der Waals surface area contributed by atoms with Crippen LogP contribution in [0.15, 0.2) is 36.2 Å². The maximum absolute atomic E-state index is 11.6.